The van der Waals surface area contributed by atoms with Gasteiger partial charge in [-0.1, -0.05) is 0 Å². The first kappa shape index (κ1) is 12.9. The highest BCUT2D eigenvalue weighted by atomic mass is 32.1. The minimum absolute atomic E-state index is 0.299. The highest BCUT2D eigenvalue weighted by Gasteiger charge is 2.16. The van der Waals surface area contributed by atoms with Crippen LogP contribution in [0.5, 0.6) is 0 Å². The standard InChI is InChI=1S/C12H8N2O4S2/c1-17-11(15)9-13-5-3-8-6(4-7(5)19-9)14-10(20-8)12(16)18-2/h3-4H,1-2H3. The number of aromatic nitrogens is 2. The molecule has 0 amide bonds. The lowest BCUT2D eigenvalue weighted by Gasteiger charge is -1.89. The SMILES string of the molecule is COC(=O)c1nc2cc3sc(C(=O)OC)nc3cc2s1. The van der Waals surface area contributed by atoms with Crippen molar-refractivity contribution in [3.8, 4) is 0 Å². The first-order chi connectivity index (χ1) is 9.62. The number of nitrogens with zero attached hydrogens (tertiary/aromatic N) is 2. The Balaban J connectivity index is 2.15. The molecule has 0 spiro atoms. The molecule has 0 fully saturated rings. The Morgan fingerprint density at radius 2 is 1.30 bits per heavy atom. The lowest BCUT2D eigenvalue weighted by molar-refractivity contribution is 0.0592. The average molecular weight is 308 g/mol. The Labute approximate surface area is 121 Å². The summed E-state index contributed by atoms with van der Waals surface area (Å²) in [5.74, 6) is -0.921. The molecule has 6 nitrogen and oxygen atoms in total. The summed E-state index contributed by atoms with van der Waals surface area (Å²) in [4.78, 5) is 31.3. The molecule has 2 aromatic heterocycles. The number of ether oxygens (including phenoxy) is 2. The minimum Gasteiger partial charge on any atom is -0.464 e. The lowest BCUT2D eigenvalue weighted by Crippen LogP contribution is -1.99. The predicted octanol–water partition coefficient (Wildman–Crippen LogP) is 2.48. The van der Waals surface area contributed by atoms with E-state index < -0.39 is 11.9 Å². The fourth-order valence-corrected chi connectivity index (χ4v) is 3.50. The van der Waals surface area contributed by atoms with Gasteiger partial charge in [0, 0.05) is 0 Å². The maximum absolute atomic E-state index is 11.4. The highest BCUT2D eigenvalue weighted by molar-refractivity contribution is 7.21. The quantitative estimate of drug-likeness (QED) is 0.677. The van der Waals surface area contributed by atoms with Crippen LogP contribution in [0.25, 0.3) is 20.4 Å². The molecule has 0 saturated carbocycles. The number of methoxy groups -OCH3 is 2. The minimum atomic E-state index is -0.460. The summed E-state index contributed by atoms with van der Waals surface area (Å²) in [5, 5.41) is 0.599. The average Bonchev–Trinajstić information content (AvgIpc) is 3.05. The van der Waals surface area contributed by atoms with Crippen LogP contribution in [0.2, 0.25) is 0 Å². The van der Waals surface area contributed by atoms with Crippen molar-refractivity contribution in [2.45, 2.75) is 0 Å². The number of carbonyl (C=O) groups is 2. The summed E-state index contributed by atoms with van der Waals surface area (Å²) in [6, 6.07) is 3.61. The maximum Gasteiger partial charge on any atom is 0.367 e. The molecule has 102 valence electrons. The van der Waals surface area contributed by atoms with Gasteiger partial charge in [-0.15, -0.1) is 22.7 Å². The van der Waals surface area contributed by atoms with Gasteiger partial charge in [-0.3, -0.25) is 0 Å². The van der Waals surface area contributed by atoms with Crippen molar-refractivity contribution in [1.82, 2.24) is 9.97 Å². The molecule has 0 aliphatic carbocycles. The summed E-state index contributed by atoms with van der Waals surface area (Å²) < 4.78 is 10.9. The Kier molecular flexibility index (Phi) is 3.11. The third-order valence-corrected chi connectivity index (χ3v) is 4.61. The van der Waals surface area contributed by atoms with Crippen molar-refractivity contribution in [3.63, 3.8) is 0 Å². The van der Waals surface area contributed by atoms with Crippen molar-refractivity contribution in [1.29, 1.82) is 0 Å². The van der Waals surface area contributed by atoms with Crippen LogP contribution in [0.4, 0.5) is 0 Å². The van der Waals surface area contributed by atoms with Crippen LogP contribution in [-0.2, 0) is 9.47 Å². The molecule has 3 aromatic rings. The maximum atomic E-state index is 11.4. The topological polar surface area (TPSA) is 78.4 Å². The van der Waals surface area contributed by atoms with Crippen molar-refractivity contribution in [2.24, 2.45) is 0 Å². The van der Waals surface area contributed by atoms with E-state index >= 15 is 0 Å². The van der Waals surface area contributed by atoms with Crippen LogP contribution in [0.15, 0.2) is 12.1 Å². The number of benzene rings is 1. The third-order valence-electron chi connectivity index (χ3n) is 2.62. The first-order valence-corrected chi connectivity index (χ1v) is 7.13. The van der Waals surface area contributed by atoms with Crippen LogP contribution < -0.4 is 0 Å². The molecule has 0 bridgehead atoms. The van der Waals surface area contributed by atoms with Crippen molar-refractivity contribution < 1.29 is 19.1 Å². The van der Waals surface area contributed by atoms with Gasteiger partial charge in [-0.05, 0) is 12.1 Å². The second kappa shape index (κ2) is 4.80. The van der Waals surface area contributed by atoms with Crippen LogP contribution in [0.1, 0.15) is 19.6 Å². The van der Waals surface area contributed by atoms with E-state index in [4.69, 9.17) is 0 Å². The van der Waals surface area contributed by atoms with Gasteiger partial charge in [0.15, 0.2) is 0 Å². The molecular weight excluding hydrogens is 300 g/mol. The smallest absolute Gasteiger partial charge is 0.367 e. The summed E-state index contributed by atoms with van der Waals surface area (Å²) in [7, 11) is 2.63. The van der Waals surface area contributed by atoms with Gasteiger partial charge in [-0.2, -0.15) is 0 Å². The summed E-state index contributed by atoms with van der Waals surface area (Å²) in [6.07, 6.45) is 0. The first-order valence-electron chi connectivity index (χ1n) is 5.50. The molecule has 0 radical (unpaired) electrons. The van der Waals surface area contributed by atoms with E-state index in [2.05, 4.69) is 19.4 Å². The van der Waals surface area contributed by atoms with Crippen LogP contribution in [-0.4, -0.2) is 36.1 Å². The van der Waals surface area contributed by atoms with Crippen LogP contribution in [0, 0.1) is 0 Å². The van der Waals surface area contributed by atoms with Gasteiger partial charge in [-0.25, -0.2) is 19.6 Å². The van der Waals surface area contributed by atoms with E-state index in [1.54, 1.807) is 12.1 Å². The Morgan fingerprint density at radius 3 is 1.65 bits per heavy atom. The number of rotatable bonds is 2. The molecule has 3 rings (SSSR count). The number of thiazole rings is 2. The summed E-state index contributed by atoms with van der Waals surface area (Å²) >= 11 is 2.46. The summed E-state index contributed by atoms with van der Waals surface area (Å²) in [5.41, 5.74) is 1.37. The second-order valence-corrected chi connectivity index (χ2v) is 5.87. The summed E-state index contributed by atoms with van der Waals surface area (Å²) in [6.45, 7) is 0. The fraction of sp³-hybridized carbons (Fsp3) is 0.167. The number of carbonyl (C=O) groups excluding carboxylic acids is 2. The van der Waals surface area contributed by atoms with Crippen molar-refractivity contribution >= 4 is 55.0 Å². The fourth-order valence-electron chi connectivity index (χ4n) is 1.70. The van der Waals surface area contributed by atoms with Gasteiger partial charge >= 0.3 is 11.9 Å². The van der Waals surface area contributed by atoms with E-state index in [1.807, 2.05) is 0 Å². The molecule has 20 heavy (non-hydrogen) atoms. The Bertz CT molecular complexity index is 720. The van der Waals surface area contributed by atoms with E-state index in [0.29, 0.717) is 21.0 Å². The molecule has 0 unspecified atom stereocenters. The molecular formula is C12H8N2O4S2. The van der Waals surface area contributed by atoms with E-state index in [9.17, 15) is 9.59 Å². The molecule has 0 saturated heterocycles. The van der Waals surface area contributed by atoms with Crippen molar-refractivity contribution in [2.75, 3.05) is 14.2 Å². The van der Waals surface area contributed by atoms with E-state index in [1.165, 1.54) is 36.9 Å². The zero-order chi connectivity index (χ0) is 14.3. The molecule has 0 atom stereocenters. The van der Waals surface area contributed by atoms with Crippen LogP contribution in [0.3, 0.4) is 0 Å². The largest absolute Gasteiger partial charge is 0.464 e. The van der Waals surface area contributed by atoms with E-state index in [0.717, 1.165) is 9.40 Å². The van der Waals surface area contributed by atoms with Gasteiger partial charge < -0.3 is 9.47 Å². The van der Waals surface area contributed by atoms with Crippen molar-refractivity contribution in [3.05, 3.63) is 22.1 Å². The lowest BCUT2D eigenvalue weighted by atomic mass is 10.3. The Hall–Kier alpha value is -2.06. The normalized spacial score (nSPS) is 10.9. The molecule has 0 aliphatic heterocycles. The molecule has 0 aliphatic rings. The van der Waals surface area contributed by atoms with Gasteiger partial charge in [0.2, 0.25) is 10.0 Å². The zero-order valence-electron chi connectivity index (χ0n) is 10.5. The van der Waals surface area contributed by atoms with Gasteiger partial charge in [0.05, 0.1) is 34.7 Å². The van der Waals surface area contributed by atoms with Gasteiger partial charge in [0.25, 0.3) is 0 Å². The number of fused-ring (bicyclic) bond motifs is 2. The molecule has 1 aromatic carbocycles. The number of esters is 2. The zero-order valence-corrected chi connectivity index (χ0v) is 12.1. The molecule has 0 N–H and O–H groups in total. The van der Waals surface area contributed by atoms with Crippen LogP contribution >= 0.6 is 22.7 Å². The third kappa shape index (κ3) is 2.02. The number of hydrogen-bond donors (Lipinski definition) is 0. The highest BCUT2D eigenvalue weighted by Crippen LogP contribution is 2.30. The number of hydrogen-bond acceptors (Lipinski definition) is 8. The van der Waals surface area contributed by atoms with E-state index in [-0.39, 0.29) is 0 Å². The molecule has 2 heterocycles. The Morgan fingerprint density at radius 1 is 0.900 bits per heavy atom. The molecule has 8 heteroatoms. The predicted molar refractivity (Wildman–Crippen MR) is 75.5 cm³/mol. The van der Waals surface area contributed by atoms with Gasteiger partial charge in [0.1, 0.15) is 0 Å². The monoisotopic (exact) mass is 308 g/mol. The second-order valence-electron chi connectivity index (χ2n) is 3.81.